The van der Waals surface area contributed by atoms with Gasteiger partial charge in [-0.15, -0.1) is 0 Å². The topological polar surface area (TPSA) is 70.7 Å². The normalized spacial score (nSPS) is 10.3. The molecule has 0 spiro atoms. The van der Waals surface area contributed by atoms with E-state index in [9.17, 15) is 4.79 Å². The van der Waals surface area contributed by atoms with Crippen molar-refractivity contribution in [2.24, 2.45) is 0 Å². The number of halogens is 1. The van der Waals surface area contributed by atoms with Gasteiger partial charge in [-0.3, -0.25) is 14.8 Å². The van der Waals surface area contributed by atoms with Crippen LogP contribution in [-0.4, -0.2) is 15.0 Å². The Bertz CT molecular complexity index is 817. The van der Waals surface area contributed by atoms with Gasteiger partial charge in [0.05, 0.1) is 16.4 Å². The monoisotopic (exact) mass is 298 g/mol. The van der Waals surface area contributed by atoms with Gasteiger partial charge in [0.15, 0.2) is 0 Å². The number of pyridine rings is 1. The van der Waals surface area contributed by atoms with E-state index in [2.05, 4.69) is 20.3 Å². The predicted molar refractivity (Wildman–Crippen MR) is 82.8 cm³/mol. The molecule has 6 heteroatoms. The van der Waals surface area contributed by atoms with Gasteiger partial charge in [-0.1, -0.05) is 23.7 Å². The highest BCUT2D eigenvalue weighted by molar-refractivity contribution is 6.33. The number of para-hydroxylation sites is 1. The number of aromatic amines is 1. The number of anilines is 2. The van der Waals surface area contributed by atoms with Gasteiger partial charge in [-0.25, -0.2) is 4.98 Å². The Hall–Kier alpha value is -2.66. The number of nitrogens with one attached hydrogen (secondary N) is 2. The Labute approximate surface area is 125 Å². The van der Waals surface area contributed by atoms with Crippen LogP contribution < -0.4 is 10.9 Å². The van der Waals surface area contributed by atoms with Crippen molar-refractivity contribution in [1.82, 2.24) is 15.0 Å². The molecule has 0 bridgehead atoms. The lowest BCUT2D eigenvalue weighted by molar-refractivity contribution is 1.12. The zero-order valence-electron chi connectivity index (χ0n) is 10.9. The molecule has 0 radical (unpaired) electrons. The summed E-state index contributed by atoms with van der Waals surface area (Å²) in [6.45, 7) is 0. The first-order valence-electron chi connectivity index (χ1n) is 6.26. The number of rotatable bonds is 3. The molecule has 0 amide bonds. The van der Waals surface area contributed by atoms with E-state index in [4.69, 9.17) is 11.6 Å². The van der Waals surface area contributed by atoms with E-state index >= 15 is 0 Å². The minimum absolute atomic E-state index is 0.244. The zero-order valence-corrected chi connectivity index (χ0v) is 11.6. The largest absolute Gasteiger partial charge is 0.324 e. The fraction of sp³-hybridized carbons (Fsp3) is 0. The Morgan fingerprint density at radius 3 is 2.62 bits per heavy atom. The molecule has 1 aromatic carbocycles. The summed E-state index contributed by atoms with van der Waals surface area (Å²) >= 11 is 6.08. The maximum atomic E-state index is 11.8. The standard InChI is InChI=1S/C15H11ClN4O/c16-11-3-1-2-4-12(11)18-15-19-13(9-14(21)20-15)10-5-7-17-8-6-10/h1-9H,(H2,18,19,20,21). The summed E-state index contributed by atoms with van der Waals surface area (Å²) in [4.78, 5) is 22.8. The van der Waals surface area contributed by atoms with E-state index in [-0.39, 0.29) is 5.56 Å². The fourth-order valence-corrected chi connectivity index (χ4v) is 2.06. The van der Waals surface area contributed by atoms with E-state index in [0.717, 1.165) is 5.56 Å². The minimum atomic E-state index is -0.244. The Morgan fingerprint density at radius 1 is 1.10 bits per heavy atom. The second-order valence-corrected chi connectivity index (χ2v) is 4.73. The van der Waals surface area contributed by atoms with Crippen molar-refractivity contribution in [3.8, 4) is 11.3 Å². The van der Waals surface area contributed by atoms with Crippen LogP contribution in [0.3, 0.4) is 0 Å². The summed E-state index contributed by atoms with van der Waals surface area (Å²) in [5.41, 5.74) is 1.81. The maximum Gasteiger partial charge on any atom is 0.252 e. The summed E-state index contributed by atoms with van der Waals surface area (Å²) in [7, 11) is 0. The molecule has 21 heavy (non-hydrogen) atoms. The van der Waals surface area contributed by atoms with Crippen molar-refractivity contribution in [1.29, 1.82) is 0 Å². The van der Waals surface area contributed by atoms with E-state index in [1.807, 2.05) is 12.1 Å². The zero-order chi connectivity index (χ0) is 14.7. The second-order valence-electron chi connectivity index (χ2n) is 4.32. The number of aromatic nitrogens is 3. The van der Waals surface area contributed by atoms with E-state index < -0.39 is 0 Å². The van der Waals surface area contributed by atoms with Crippen LogP contribution in [0.4, 0.5) is 11.6 Å². The molecule has 5 nitrogen and oxygen atoms in total. The lowest BCUT2D eigenvalue weighted by atomic mass is 10.2. The predicted octanol–water partition coefficient (Wildman–Crippen LogP) is 3.23. The molecule has 2 N–H and O–H groups in total. The first-order chi connectivity index (χ1) is 10.2. The van der Waals surface area contributed by atoms with Gasteiger partial charge in [0, 0.05) is 24.0 Å². The summed E-state index contributed by atoms with van der Waals surface area (Å²) in [5.74, 6) is 0.336. The molecule has 104 valence electrons. The van der Waals surface area contributed by atoms with Crippen molar-refractivity contribution in [3.63, 3.8) is 0 Å². The summed E-state index contributed by atoms with van der Waals surface area (Å²) in [5, 5.41) is 3.56. The SMILES string of the molecule is O=c1cc(-c2ccncc2)nc(Nc2ccccc2Cl)[nH]1. The van der Waals surface area contributed by atoms with Crippen LogP contribution in [0.1, 0.15) is 0 Å². The first kappa shape index (κ1) is 13.3. The molecule has 0 aliphatic heterocycles. The average Bonchev–Trinajstić information content (AvgIpc) is 2.50. The minimum Gasteiger partial charge on any atom is -0.324 e. The summed E-state index contributed by atoms with van der Waals surface area (Å²) in [6.07, 6.45) is 3.30. The van der Waals surface area contributed by atoms with Gasteiger partial charge in [0.1, 0.15) is 0 Å². The highest BCUT2D eigenvalue weighted by Crippen LogP contribution is 2.23. The summed E-state index contributed by atoms with van der Waals surface area (Å²) in [6, 6.07) is 12.3. The maximum absolute atomic E-state index is 11.8. The molecule has 0 aliphatic carbocycles. The molecule has 3 aromatic rings. The lowest BCUT2D eigenvalue weighted by Gasteiger charge is -2.08. The Morgan fingerprint density at radius 2 is 1.86 bits per heavy atom. The molecule has 0 aliphatic rings. The fourth-order valence-electron chi connectivity index (χ4n) is 1.88. The van der Waals surface area contributed by atoms with Gasteiger partial charge >= 0.3 is 0 Å². The molecular weight excluding hydrogens is 288 g/mol. The molecule has 0 saturated carbocycles. The van der Waals surface area contributed by atoms with Crippen LogP contribution >= 0.6 is 11.6 Å². The number of hydrogen-bond donors (Lipinski definition) is 2. The van der Waals surface area contributed by atoms with Gasteiger partial charge in [-0.2, -0.15) is 0 Å². The third-order valence-corrected chi connectivity index (χ3v) is 3.17. The van der Waals surface area contributed by atoms with E-state index in [0.29, 0.717) is 22.4 Å². The van der Waals surface area contributed by atoms with Crippen molar-refractivity contribution in [3.05, 3.63) is 70.2 Å². The quantitative estimate of drug-likeness (QED) is 0.779. The molecule has 2 aromatic heterocycles. The van der Waals surface area contributed by atoms with Gasteiger partial charge in [0.2, 0.25) is 5.95 Å². The number of nitrogens with zero attached hydrogens (tertiary/aromatic N) is 2. The van der Waals surface area contributed by atoms with Crippen molar-refractivity contribution >= 4 is 23.2 Å². The third-order valence-electron chi connectivity index (χ3n) is 2.84. The van der Waals surface area contributed by atoms with Crippen LogP contribution in [0.25, 0.3) is 11.3 Å². The molecule has 0 saturated heterocycles. The van der Waals surface area contributed by atoms with Gasteiger partial charge in [-0.05, 0) is 24.3 Å². The van der Waals surface area contributed by atoms with Crippen molar-refractivity contribution < 1.29 is 0 Å². The van der Waals surface area contributed by atoms with Crippen molar-refractivity contribution in [2.45, 2.75) is 0 Å². The van der Waals surface area contributed by atoms with Crippen LogP contribution in [-0.2, 0) is 0 Å². The van der Waals surface area contributed by atoms with Crippen molar-refractivity contribution in [2.75, 3.05) is 5.32 Å². The van der Waals surface area contributed by atoms with Crippen LogP contribution in [0.5, 0.6) is 0 Å². The molecule has 0 atom stereocenters. The second kappa shape index (κ2) is 5.76. The smallest absolute Gasteiger partial charge is 0.252 e. The van der Waals surface area contributed by atoms with Crippen LogP contribution in [0.15, 0.2) is 59.7 Å². The van der Waals surface area contributed by atoms with Crippen LogP contribution in [0, 0.1) is 0 Å². The van der Waals surface area contributed by atoms with Gasteiger partial charge < -0.3 is 5.32 Å². The highest BCUT2D eigenvalue weighted by Gasteiger charge is 2.05. The van der Waals surface area contributed by atoms with Gasteiger partial charge in [0.25, 0.3) is 5.56 Å². The Kier molecular flexibility index (Phi) is 3.66. The summed E-state index contributed by atoms with van der Waals surface area (Å²) < 4.78 is 0. The number of benzene rings is 1. The first-order valence-corrected chi connectivity index (χ1v) is 6.63. The third kappa shape index (κ3) is 3.09. The molecular formula is C15H11ClN4O. The average molecular weight is 299 g/mol. The van der Waals surface area contributed by atoms with E-state index in [1.165, 1.54) is 6.07 Å². The molecule has 3 rings (SSSR count). The number of hydrogen-bond acceptors (Lipinski definition) is 4. The Balaban J connectivity index is 1.99. The van der Waals surface area contributed by atoms with Crippen LogP contribution in [0.2, 0.25) is 5.02 Å². The molecule has 0 fully saturated rings. The molecule has 0 unspecified atom stereocenters. The highest BCUT2D eigenvalue weighted by atomic mass is 35.5. The molecule has 2 heterocycles. The van der Waals surface area contributed by atoms with E-state index in [1.54, 1.807) is 36.7 Å². The number of H-pyrrole nitrogens is 1. The lowest BCUT2D eigenvalue weighted by Crippen LogP contribution is -2.10.